The van der Waals surface area contributed by atoms with E-state index in [1.165, 1.54) is 0 Å². The lowest BCUT2D eigenvalue weighted by Crippen LogP contribution is -2.03. The molecule has 0 fully saturated rings. The fraction of sp³-hybridized carbons (Fsp3) is 0.286. The van der Waals surface area contributed by atoms with Crippen molar-refractivity contribution < 1.29 is 14.6 Å². The molecule has 1 atom stereocenters. The number of aliphatic hydroxyl groups is 1. The van der Waals surface area contributed by atoms with Gasteiger partial charge in [0.05, 0.1) is 26.5 Å². The number of aliphatic hydroxyl groups excluding tert-OH is 1. The quantitative estimate of drug-likeness (QED) is 0.887. The molecule has 100 valence electrons. The summed E-state index contributed by atoms with van der Waals surface area (Å²) in [6, 6.07) is 5.42. The van der Waals surface area contributed by atoms with Gasteiger partial charge in [0.25, 0.3) is 0 Å². The largest absolute Gasteiger partial charge is 0.495 e. The molecule has 0 amide bonds. The summed E-state index contributed by atoms with van der Waals surface area (Å²) in [5, 5.41) is 10.2. The maximum Gasteiger partial charge on any atom is 0.212 e. The molecule has 2 heterocycles. The smallest absolute Gasteiger partial charge is 0.212 e. The summed E-state index contributed by atoms with van der Waals surface area (Å²) < 4.78 is 10.1. The zero-order chi connectivity index (χ0) is 13.7. The number of methoxy groups -OCH3 is 2. The number of hydrogen-bond donors (Lipinski definition) is 1. The highest BCUT2D eigenvalue weighted by Gasteiger charge is 2.10. The number of rotatable bonds is 5. The average molecular weight is 260 g/mol. The molecule has 0 radical (unpaired) electrons. The van der Waals surface area contributed by atoms with Gasteiger partial charge in [0, 0.05) is 30.4 Å². The molecule has 1 N–H and O–H groups in total. The molecule has 0 aliphatic carbocycles. The molecule has 0 aliphatic heterocycles. The predicted molar refractivity (Wildman–Crippen MR) is 70.2 cm³/mol. The summed E-state index contributed by atoms with van der Waals surface area (Å²) in [6.07, 6.45) is 4.74. The van der Waals surface area contributed by atoms with Gasteiger partial charge < -0.3 is 14.6 Å². The molecule has 0 bridgehead atoms. The van der Waals surface area contributed by atoms with Crippen LogP contribution in [0.1, 0.15) is 17.2 Å². The summed E-state index contributed by atoms with van der Waals surface area (Å²) in [4.78, 5) is 8.13. The first kappa shape index (κ1) is 13.3. The van der Waals surface area contributed by atoms with Gasteiger partial charge in [0.15, 0.2) is 0 Å². The molecule has 0 saturated heterocycles. The van der Waals surface area contributed by atoms with E-state index in [9.17, 15) is 5.11 Å². The van der Waals surface area contributed by atoms with Crippen LogP contribution in [0.25, 0.3) is 0 Å². The third-order valence-corrected chi connectivity index (χ3v) is 2.79. The maximum atomic E-state index is 10.2. The summed E-state index contributed by atoms with van der Waals surface area (Å²) in [6.45, 7) is 0. The second kappa shape index (κ2) is 6.15. The average Bonchev–Trinajstić information content (AvgIpc) is 2.48. The summed E-state index contributed by atoms with van der Waals surface area (Å²) >= 11 is 0. The van der Waals surface area contributed by atoms with E-state index in [-0.39, 0.29) is 0 Å². The van der Waals surface area contributed by atoms with Crippen molar-refractivity contribution in [3.63, 3.8) is 0 Å². The van der Waals surface area contributed by atoms with E-state index in [4.69, 9.17) is 9.47 Å². The van der Waals surface area contributed by atoms with E-state index < -0.39 is 6.10 Å². The lowest BCUT2D eigenvalue weighted by Gasteiger charge is -2.11. The monoisotopic (exact) mass is 260 g/mol. The molecule has 5 nitrogen and oxygen atoms in total. The predicted octanol–water partition coefficient (Wildman–Crippen LogP) is 1.77. The first-order chi connectivity index (χ1) is 9.22. The third kappa shape index (κ3) is 3.42. The fourth-order valence-electron chi connectivity index (χ4n) is 1.72. The van der Waals surface area contributed by atoms with Crippen molar-refractivity contribution in [2.45, 2.75) is 12.5 Å². The van der Waals surface area contributed by atoms with Crippen molar-refractivity contribution in [2.75, 3.05) is 14.2 Å². The van der Waals surface area contributed by atoms with Crippen LogP contribution in [0.4, 0.5) is 0 Å². The topological polar surface area (TPSA) is 64.5 Å². The van der Waals surface area contributed by atoms with Crippen LogP contribution in [0, 0.1) is 0 Å². The van der Waals surface area contributed by atoms with Crippen LogP contribution in [0.2, 0.25) is 0 Å². The zero-order valence-corrected chi connectivity index (χ0v) is 10.9. The number of ether oxygens (including phenoxy) is 2. The summed E-state index contributed by atoms with van der Waals surface area (Å²) in [7, 11) is 3.14. The number of nitrogens with zero attached hydrogens (tertiary/aromatic N) is 2. The van der Waals surface area contributed by atoms with Crippen LogP contribution in [0.15, 0.2) is 36.8 Å². The molecular formula is C14H16N2O3. The van der Waals surface area contributed by atoms with Gasteiger partial charge >= 0.3 is 0 Å². The molecule has 2 aromatic rings. The Labute approximate surface area is 111 Å². The maximum absolute atomic E-state index is 10.2. The summed E-state index contributed by atoms with van der Waals surface area (Å²) in [5.74, 6) is 1.19. The number of hydrogen-bond acceptors (Lipinski definition) is 5. The van der Waals surface area contributed by atoms with Crippen molar-refractivity contribution >= 4 is 0 Å². The van der Waals surface area contributed by atoms with Crippen LogP contribution in [-0.2, 0) is 6.42 Å². The molecular weight excluding hydrogens is 244 g/mol. The minimum Gasteiger partial charge on any atom is -0.495 e. The Hall–Kier alpha value is -2.14. The van der Waals surface area contributed by atoms with E-state index in [0.29, 0.717) is 18.1 Å². The molecule has 19 heavy (non-hydrogen) atoms. The molecule has 0 aliphatic rings. The lowest BCUT2D eigenvalue weighted by atomic mass is 10.0. The highest BCUT2D eigenvalue weighted by molar-refractivity contribution is 5.27. The Kier molecular flexibility index (Phi) is 4.30. The molecule has 0 aromatic carbocycles. The molecule has 0 saturated carbocycles. The first-order valence-electron chi connectivity index (χ1n) is 5.89. The third-order valence-electron chi connectivity index (χ3n) is 2.79. The van der Waals surface area contributed by atoms with Gasteiger partial charge in [-0.2, -0.15) is 0 Å². The van der Waals surface area contributed by atoms with E-state index in [1.54, 1.807) is 44.9 Å². The molecule has 2 aromatic heterocycles. The van der Waals surface area contributed by atoms with Gasteiger partial charge in [-0.25, -0.2) is 4.98 Å². The number of aromatic nitrogens is 2. The minimum atomic E-state index is -0.641. The van der Waals surface area contributed by atoms with Gasteiger partial charge in [-0.1, -0.05) is 6.07 Å². The van der Waals surface area contributed by atoms with Crippen LogP contribution in [0.5, 0.6) is 11.6 Å². The Morgan fingerprint density at radius 1 is 1.16 bits per heavy atom. The number of pyridine rings is 2. The molecule has 5 heteroatoms. The van der Waals surface area contributed by atoms with Gasteiger partial charge in [-0.05, 0) is 11.6 Å². The second-order valence-electron chi connectivity index (χ2n) is 4.09. The van der Waals surface area contributed by atoms with Crippen molar-refractivity contribution in [2.24, 2.45) is 0 Å². The van der Waals surface area contributed by atoms with Gasteiger partial charge in [0.2, 0.25) is 5.88 Å². The van der Waals surface area contributed by atoms with Crippen LogP contribution >= 0.6 is 0 Å². The fourth-order valence-corrected chi connectivity index (χ4v) is 1.72. The highest BCUT2D eigenvalue weighted by Crippen LogP contribution is 2.21. The Bertz CT molecular complexity index is 528. The van der Waals surface area contributed by atoms with Gasteiger partial charge in [-0.15, -0.1) is 0 Å². The molecule has 2 rings (SSSR count). The van der Waals surface area contributed by atoms with E-state index in [1.807, 2.05) is 6.07 Å². The van der Waals surface area contributed by atoms with Crippen molar-refractivity contribution in [3.05, 3.63) is 47.9 Å². The summed E-state index contributed by atoms with van der Waals surface area (Å²) in [5.41, 5.74) is 1.64. The van der Waals surface area contributed by atoms with Gasteiger partial charge in [0.1, 0.15) is 5.75 Å². The van der Waals surface area contributed by atoms with Crippen molar-refractivity contribution in [1.29, 1.82) is 0 Å². The SMILES string of the molecule is COc1cncc(C(O)Cc2ccc(OC)nc2)c1. The first-order valence-corrected chi connectivity index (χ1v) is 5.89. The zero-order valence-electron chi connectivity index (χ0n) is 10.9. The Balaban J connectivity index is 2.08. The Morgan fingerprint density at radius 3 is 2.63 bits per heavy atom. The van der Waals surface area contributed by atoms with Crippen LogP contribution in [0.3, 0.4) is 0 Å². The normalized spacial score (nSPS) is 11.9. The minimum absolute atomic E-state index is 0.464. The molecule has 1 unspecified atom stereocenters. The Morgan fingerprint density at radius 2 is 2.00 bits per heavy atom. The van der Waals surface area contributed by atoms with E-state index >= 15 is 0 Å². The van der Waals surface area contributed by atoms with E-state index in [0.717, 1.165) is 11.1 Å². The molecule has 0 spiro atoms. The van der Waals surface area contributed by atoms with Crippen LogP contribution in [-0.4, -0.2) is 29.3 Å². The van der Waals surface area contributed by atoms with Crippen molar-refractivity contribution in [1.82, 2.24) is 9.97 Å². The standard InChI is InChI=1S/C14H16N2O3/c1-18-12-6-11(8-15-9-12)13(17)5-10-3-4-14(19-2)16-7-10/h3-4,6-9,13,17H,5H2,1-2H3. The highest BCUT2D eigenvalue weighted by atomic mass is 16.5. The van der Waals surface area contributed by atoms with Crippen LogP contribution < -0.4 is 9.47 Å². The van der Waals surface area contributed by atoms with Gasteiger partial charge in [-0.3, -0.25) is 4.98 Å². The van der Waals surface area contributed by atoms with E-state index in [2.05, 4.69) is 9.97 Å². The van der Waals surface area contributed by atoms with Crippen molar-refractivity contribution in [3.8, 4) is 11.6 Å². The second-order valence-corrected chi connectivity index (χ2v) is 4.09. The lowest BCUT2D eigenvalue weighted by molar-refractivity contribution is 0.177.